The number of aromatic amines is 1. The summed E-state index contributed by atoms with van der Waals surface area (Å²) in [5.74, 6) is 1.16. The van der Waals surface area contributed by atoms with Crippen molar-refractivity contribution in [1.29, 1.82) is 0 Å². The molecule has 3 N–H and O–H groups in total. The predicted molar refractivity (Wildman–Crippen MR) is 128 cm³/mol. The van der Waals surface area contributed by atoms with Crippen LogP contribution in [0.15, 0.2) is 29.3 Å². The van der Waals surface area contributed by atoms with Crippen LogP contribution in [0.25, 0.3) is 10.9 Å². The molecule has 1 aromatic heterocycles. The number of aryl methyl sites for hydroxylation is 1. The van der Waals surface area contributed by atoms with Gasteiger partial charge in [-0.3, -0.25) is 4.79 Å². The van der Waals surface area contributed by atoms with Crippen molar-refractivity contribution in [3.8, 4) is 0 Å². The minimum absolute atomic E-state index is 0. The molecule has 1 aromatic carbocycles. The second kappa shape index (κ2) is 11.4. The number of nitrogens with one attached hydrogen (secondary N) is 3. The van der Waals surface area contributed by atoms with Gasteiger partial charge in [-0.2, -0.15) is 0 Å². The van der Waals surface area contributed by atoms with Gasteiger partial charge in [0.25, 0.3) is 0 Å². The smallest absolute Gasteiger partial charge is 0.243 e. The number of likely N-dealkylation sites (N-methyl/N-ethyl adjacent to an activating group) is 1. The Bertz CT molecular complexity index is 828. The highest BCUT2D eigenvalue weighted by atomic mass is 127. The van der Waals surface area contributed by atoms with Gasteiger partial charge in [0.05, 0.1) is 6.61 Å². The summed E-state index contributed by atoms with van der Waals surface area (Å²) in [6.45, 7) is 5.39. The summed E-state index contributed by atoms with van der Waals surface area (Å²) in [5, 5.41) is 8.01. The summed E-state index contributed by atoms with van der Waals surface area (Å²) in [5.41, 5.74) is 3.68. The lowest BCUT2D eigenvalue weighted by atomic mass is 10.1. The van der Waals surface area contributed by atoms with Crippen LogP contribution >= 0.6 is 24.0 Å². The van der Waals surface area contributed by atoms with Crippen LogP contribution in [0.2, 0.25) is 0 Å². The second-order valence-corrected chi connectivity index (χ2v) is 7.51. The van der Waals surface area contributed by atoms with Crippen LogP contribution in [0.5, 0.6) is 0 Å². The number of hydrogen-bond donors (Lipinski definition) is 3. The Balaban J connectivity index is 0.00000300. The third-order valence-electron chi connectivity index (χ3n) is 5.15. The van der Waals surface area contributed by atoms with E-state index in [1.165, 1.54) is 22.2 Å². The Morgan fingerprint density at radius 2 is 2.10 bits per heavy atom. The molecule has 1 atom stereocenters. The fourth-order valence-corrected chi connectivity index (χ4v) is 3.41. The summed E-state index contributed by atoms with van der Waals surface area (Å²) in [6, 6.07) is 8.36. The van der Waals surface area contributed by atoms with Crippen molar-refractivity contribution >= 4 is 46.7 Å². The lowest BCUT2D eigenvalue weighted by Crippen LogP contribution is -2.41. The minimum atomic E-state index is -0.0160. The van der Waals surface area contributed by atoms with Crippen molar-refractivity contribution in [1.82, 2.24) is 20.5 Å². The molecule has 1 aliphatic rings. The Labute approximate surface area is 189 Å². The summed E-state index contributed by atoms with van der Waals surface area (Å²) < 4.78 is 5.44. The largest absolute Gasteiger partial charge is 0.381 e. The second-order valence-electron chi connectivity index (χ2n) is 7.51. The van der Waals surface area contributed by atoms with Crippen LogP contribution in [-0.4, -0.2) is 68.7 Å². The fraction of sp³-hybridized carbons (Fsp3) is 0.524. The first-order chi connectivity index (χ1) is 13.5. The molecule has 3 rings (SSSR count). The number of carbonyl (C=O) groups excluding carboxylic acids is 1. The molecule has 1 unspecified atom stereocenters. The van der Waals surface area contributed by atoms with Gasteiger partial charge in [-0.05, 0) is 31.4 Å². The molecule has 8 heteroatoms. The SMILES string of the molecule is Cc1[nH]c2ccccc2c1CCNC(=NCC(=O)N(C)C)NCC1CCOC1.I. The summed E-state index contributed by atoms with van der Waals surface area (Å²) in [7, 11) is 3.49. The number of guanidine groups is 1. The van der Waals surface area contributed by atoms with Crippen LogP contribution in [0.1, 0.15) is 17.7 Å². The average molecular weight is 513 g/mol. The van der Waals surface area contributed by atoms with Crippen molar-refractivity contribution in [3.05, 3.63) is 35.5 Å². The number of rotatable bonds is 7. The Morgan fingerprint density at radius 3 is 2.83 bits per heavy atom. The van der Waals surface area contributed by atoms with Gasteiger partial charge in [0, 0.05) is 56.3 Å². The van der Waals surface area contributed by atoms with Gasteiger partial charge >= 0.3 is 0 Å². The van der Waals surface area contributed by atoms with Crippen LogP contribution in [0.4, 0.5) is 0 Å². The predicted octanol–water partition coefficient (Wildman–Crippen LogP) is 2.30. The lowest BCUT2D eigenvalue weighted by molar-refractivity contribution is -0.127. The molecule has 1 fully saturated rings. The lowest BCUT2D eigenvalue weighted by Gasteiger charge is -2.16. The standard InChI is InChI=1S/C21H31N5O2.HI/c1-15-17(18-6-4-5-7-19(18)25-15)8-10-22-21(24-13-20(27)26(2)3)23-12-16-9-11-28-14-16;/h4-7,16,25H,8-14H2,1-3H3,(H2,22,23,24);1H. The number of fused-ring (bicyclic) bond motifs is 1. The van der Waals surface area contributed by atoms with E-state index in [1.54, 1.807) is 19.0 Å². The van der Waals surface area contributed by atoms with Crippen LogP contribution in [-0.2, 0) is 16.0 Å². The molecule has 29 heavy (non-hydrogen) atoms. The van der Waals surface area contributed by atoms with Gasteiger partial charge in [-0.1, -0.05) is 18.2 Å². The first kappa shape index (κ1) is 23.5. The molecule has 160 valence electrons. The molecule has 7 nitrogen and oxygen atoms in total. The summed E-state index contributed by atoms with van der Waals surface area (Å²) >= 11 is 0. The van der Waals surface area contributed by atoms with Crippen LogP contribution in [0.3, 0.4) is 0 Å². The zero-order chi connectivity index (χ0) is 19.9. The number of H-pyrrole nitrogens is 1. The highest BCUT2D eigenvalue weighted by Crippen LogP contribution is 2.21. The van der Waals surface area contributed by atoms with Crippen LogP contribution in [0, 0.1) is 12.8 Å². The number of ether oxygens (including phenoxy) is 1. The van der Waals surface area contributed by atoms with Gasteiger partial charge in [0.1, 0.15) is 6.54 Å². The van der Waals surface area contributed by atoms with Crippen molar-refractivity contribution in [2.75, 3.05) is 46.9 Å². The third kappa shape index (κ3) is 6.60. The molecule has 0 aliphatic carbocycles. The van der Waals surface area contributed by atoms with Gasteiger partial charge in [0.15, 0.2) is 5.96 Å². The number of benzene rings is 1. The topological polar surface area (TPSA) is 81.8 Å². The van der Waals surface area contributed by atoms with Crippen molar-refractivity contribution < 1.29 is 9.53 Å². The minimum Gasteiger partial charge on any atom is -0.381 e. The average Bonchev–Trinajstić information content (AvgIpc) is 3.30. The van der Waals surface area contributed by atoms with Crippen molar-refractivity contribution in [2.24, 2.45) is 10.9 Å². The molecule has 1 saturated heterocycles. The number of halogens is 1. The molecular formula is C21H32IN5O2. The molecule has 0 saturated carbocycles. The van der Waals surface area contributed by atoms with E-state index in [4.69, 9.17) is 4.74 Å². The number of amides is 1. The number of aliphatic imine (C=N–C) groups is 1. The monoisotopic (exact) mass is 513 g/mol. The third-order valence-corrected chi connectivity index (χ3v) is 5.15. The molecule has 1 amide bonds. The van der Waals surface area contributed by atoms with Crippen LogP contribution < -0.4 is 10.6 Å². The Kier molecular flexibility index (Phi) is 9.22. The first-order valence-electron chi connectivity index (χ1n) is 9.91. The zero-order valence-electron chi connectivity index (χ0n) is 17.5. The molecule has 2 heterocycles. The summed E-state index contributed by atoms with van der Waals surface area (Å²) in [6.07, 6.45) is 1.94. The molecule has 0 bridgehead atoms. The first-order valence-corrected chi connectivity index (χ1v) is 9.91. The highest BCUT2D eigenvalue weighted by molar-refractivity contribution is 14.0. The van der Waals surface area contributed by atoms with Gasteiger partial charge in [0.2, 0.25) is 5.91 Å². The van der Waals surface area contributed by atoms with E-state index in [9.17, 15) is 4.79 Å². The zero-order valence-corrected chi connectivity index (χ0v) is 19.8. The van der Waals surface area contributed by atoms with E-state index in [1.807, 2.05) is 6.07 Å². The van der Waals surface area contributed by atoms with Crippen molar-refractivity contribution in [3.63, 3.8) is 0 Å². The molecular weight excluding hydrogens is 481 g/mol. The fourth-order valence-electron chi connectivity index (χ4n) is 3.41. The van der Waals surface area contributed by atoms with E-state index in [-0.39, 0.29) is 36.4 Å². The van der Waals surface area contributed by atoms with Gasteiger partial charge in [-0.25, -0.2) is 4.99 Å². The summed E-state index contributed by atoms with van der Waals surface area (Å²) in [4.78, 5) is 21.4. The molecule has 0 radical (unpaired) electrons. The maximum Gasteiger partial charge on any atom is 0.243 e. The van der Waals surface area contributed by atoms with E-state index >= 15 is 0 Å². The Morgan fingerprint density at radius 1 is 1.31 bits per heavy atom. The van der Waals surface area contributed by atoms with Gasteiger partial charge in [-0.15, -0.1) is 24.0 Å². The number of nitrogens with zero attached hydrogens (tertiary/aromatic N) is 2. The Hall–Kier alpha value is -1.81. The normalized spacial score (nSPS) is 16.5. The van der Waals surface area contributed by atoms with E-state index < -0.39 is 0 Å². The van der Waals surface area contributed by atoms with E-state index in [0.29, 0.717) is 11.9 Å². The van der Waals surface area contributed by atoms with E-state index in [2.05, 4.69) is 45.7 Å². The molecule has 2 aromatic rings. The number of aromatic nitrogens is 1. The maximum atomic E-state index is 11.9. The maximum absolute atomic E-state index is 11.9. The molecule has 0 spiro atoms. The quantitative estimate of drug-likeness (QED) is 0.302. The number of carbonyl (C=O) groups is 1. The van der Waals surface area contributed by atoms with E-state index in [0.717, 1.165) is 39.1 Å². The van der Waals surface area contributed by atoms with Gasteiger partial charge < -0.3 is 25.3 Å². The number of para-hydroxylation sites is 1. The number of hydrogen-bond acceptors (Lipinski definition) is 3. The molecule has 1 aliphatic heterocycles. The highest BCUT2D eigenvalue weighted by Gasteiger charge is 2.16. The van der Waals surface area contributed by atoms with Crippen molar-refractivity contribution in [2.45, 2.75) is 19.8 Å².